The highest BCUT2D eigenvalue weighted by Crippen LogP contribution is 2.13. The van der Waals surface area contributed by atoms with Crippen LogP contribution in [0.1, 0.15) is 31.9 Å². The van der Waals surface area contributed by atoms with Crippen LogP contribution in [0.2, 0.25) is 0 Å². The molecule has 0 unspecified atom stereocenters. The molecule has 19 heavy (non-hydrogen) atoms. The third kappa shape index (κ3) is 2.84. The van der Waals surface area contributed by atoms with Gasteiger partial charge in [-0.25, -0.2) is 4.74 Å². The fourth-order valence-corrected chi connectivity index (χ4v) is 1.76. The first-order chi connectivity index (χ1) is 8.77. The van der Waals surface area contributed by atoms with Crippen LogP contribution in [0.4, 0.5) is 0 Å². The predicted octanol–water partition coefficient (Wildman–Crippen LogP) is 2.56. The molecule has 1 aromatic heterocycles. The molecule has 0 aliphatic heterocycles. The second-order valence-electron chi connectivity index (χ2n) is 5.77. The summed E-state index contributed by atoms with van der Waals surface area (Å²) in [5, 5.41) is 12.8. The number of hydrogen-bond acceptors (Lipinski definition) is 2. The van der Waals surface area contributed by atoms with E-state index in [0.29, 0.717) is 5.56 Å². The highest BCUT2D eigenvalue weighted by molar-refractivity contribution is 5.86. The summed E-state index contributed by atoms with van der Waals surface area (Å²) < 4.78 is 0.805. The first-order valence-corrected chi connectivity index (χ1v) is 6.22. The molecule has 0 spiro atoms. The number of H-pyrrole nitrogens is 1. The van der Waals surface area contributed by atoms with E-state index < -0.39 is 5.54 Å². The third-order valence-corrected chi connectivity index (χ3v) is 2.95. The van der Waals surface area contributed by atoms with E-state index in [1.165, 1.54) is 6.21 Å². The third-order valence-electron chi connectivity index (χ3n) is 2.95. The lowest BCUT2D eigenvalue weighted by molar-refractivity contribution is -0.530. The molecule has 4 heteroatoms. The summed E-state index contributed by atoms with van der Waals surface area (Å²) in [6.07, 6.45) is 1.35. The molecule has 4 nitrogen and oxygen atoms in total. The van der Waals surface area contributed by atoms with Crippen LogP contribution < -0.4 is 5.56 Å². The molecule has 100 valence electrons. The fourth-order valence-electron chi connectivity index (χ4n) is 1.76. The van der Waals surface area contributed by atoms with Crippen molar-refractivity contribution >= 4 is 17.1 Å². The van der Waals surface area contributed by atoms with Crippen LogP contribution in [0.5, 0.6) is 0 Å². The zero-order valence-electron chi connectivity index (χ0n) is 11.7. The molecule has 0 bridgehead atoms. The van der Waals surface area contributed by atoms with Crippen LogP contribution >= 0.6 is 0 Å². The quantitative estimate of drug-likeness (QED) is 0.370. The maximum Gasteiger partial charge on any atom is 0.261 e. The van der Waals surface area contributed by atoms with Gasteiger partial charge in [0.05, 0.1) is 0 Å². The number of benzene rings is 1. The summed E-state index contributed by atoms with van der Waals surface area (Å²) in [6, 6.07) is 7.54. The molecule has 0 atom stereocenters. The standard InChI is InChI=1S/C15H18N2O2/c1-10-5-6-13-11(7-10)8-12(14(18)16-13)9-17(19)15(2,3)4/h5-9H,1-4H3,(H,16,18)/b17-9-. The van der Waals surface area contributed by atoms with E-state index in [9.17, 15) is 10.0 Å². The number of aryl methyl sites for hydroxylation is 1. The Balaban J connectivity index is 2.62. The Morgan fingerprint density at radius 3 is 2.58 bits per heavy atom. The van der Waals surface area contributed by atoms with Crippen molar-refractivity contribution < 1.29 is 4.74 Å². The Kier molecular flexibility index (Phi) is 3.18. The van der Waals surface area contributed by atoms with Gasteiger partial charge in [0, 0.05) is 26.3 Å². The van der Waals surface area contributed by atoms with Crippen LogP contribution in [0.25, 0.3) is 10.9 Å². The van der Waals surface area contributed by atoms with E-state index in [0.717, 1.165) is 21.2 Å². The molecule has 1 heterocycles. The van der Waals surface area contributed by atoms with Crippen LogP contribution in [-0.4, -0.2) is 21.5 Å². The number of nitrogens with zero attached hydrogens (tertiary/aromatic N) is 1. The lowest BCUT2D eigenvalue weighted by atomic mass is 10.1. The molecule has 0 aliphatic carbocycles. The van der Waals surface area contributed by atoms with Crippen LogP contribution in [0, 0.1) is 12.1 Å². The highest BCUT2D eigenvalue weighted by atomic mass is 16.5. The fraction of sp³-hybridized carbons (Fsp3) is 0.333. The van der Waals surface area contributed by atoms with Crippen molar-refractivity contribution in [3.8, 4) is 0 Å². The molecule has 0 saturated heterocycles. The van der Waals surface area contributed by atoms with Crippen molar-refractivity contribution in [2.75, 3.05) is 0 Å². The minimum absolute atomic E-state index is 0.249. The second kappa shape index (κ2) is 4.53. The number of hydrogen-bond donors (Lipinski definition) is 1. The summed E-state index contributed by atoms with van der Waals surface area (Å²) >= 11 is 0. The molecule has 2 rings (SSSR count). The van der Waals surface area contributed by atoms with Gasteiger partial charge in [-0.15, -0.1) is 0 Å². The summed E-state index contributed by atoms with van der Waals surface area (Å²) in [5.41, 5.74) is 1.46. The van der Waals surface area contributed by atoms with Crippen molar-refractivity contribution in [3.05, 3.63) is 51.0 Å². The molecule has 1 aromatic carbocycles. The van der Waals surface area contributed by atoms with Crippen LogP contribution in [0.3, 0.4) is 0 Å². The first kappa shape index (κ1) is 13.3. The van der Waals surface area contributed by atoms with Crippen molar-refractivity contribution in [1.82, 2.24) is 4.98 Å². The minimum atomic E-state index is -0.562. The van der Waals surface area contributed by atoms with E-state index >= 15 is 0 Å². The van der Waals surface area contributed by atoms with Gasteiger partial charge >= 0.3 is 0 Å². The molecule has 0 saturated carbocycles. The first-order valence-electron chi connectivity index (χ1n) is 6.22. The van der Waals surface area contributed by atoms with Gasteiger partial charge in [-0.3, -0.25) is 4.79 Å². The van der Waals surface area contributed by atoms with Gasteiger partial charge in [0.2, 0.25) is 0 Å². The Morgan fingerprint density at radius 1 is 1.26 bits per heavy atom. The van der Waals surface area contributed by atoms with E-state index in [4.69, 9.17) is 0 Å². The number of hydroxylamine groups is 1. The number of aromatic nitrogens is 1. The predicted molar refractivity (Wildman–Crippen MR) is 77.9 cm³/mol. The number of fused-ring (bicyclic) bond motifs is 1. The number of pyridine rings is 1. The highest BCUT2D eigenvalue weighted by Gasteiger charge is 2.18. The Labute approximate surface area is 112 Å². The molecule has 1 N–H and O–H groups in total. The average molecular weight is 258 g/mol. The van der Waals surface area contributed by atoms with Gasteiger partial charge in [-0.05, 0) is 30.5 Å². The second-order valence-corrected chi connectivity index (χ2v) is 5.77. The summed E-state index contributed by atoms with van der Waals surface area (Å²) in [7, 11) is 0. The lowest BCUT2D eigenvalue weighted by Gasteiger charge is -2.18. The Bertz CT molecular complexity index is 706. The molecule has 0 aliphatic rings. The molecule has 0 amide bonds. The largest absolute Gasteiger partial charge is 0.623 e. The van der Waals surface area contributed by atoms with E-state index in [-0.39, 0.29) is 5.56 Å². The summed E-state index contributed by atoms with van der Waals surface area (Å²) in [4.78, 5) is 14.7. The Hall–Kier alpha value is -2.10. The van der Waals surface area contributed by atoms with Gasteiger partial charge in [0.25, 0.3) is 5.56 Å². The number of aromatic amines is 1. The number of rotatable bonds is 1. The van der Waals surface area contributed by atoms with Crippen molar-refractivity contribution in [3.63, 3.8) is 0 Å². The molecular formula is C15H18N2O2. The molecule has 0 fully saturated rings. The van der Waals surface area contributed by atoms with E-state index in [1.807, 2.05) is 25.1 Å². The summed E-state index contributed by atoms with van der Waals surface area (Å²) in [5.74, 6) is 0. The number of nitrogens with one attached hydrogen (secondary N) is 1. The zero-order valence-corrected chi connectivity index (χ0v) is 11.7. The van der Waals surface area contributed by atoms with Gasteiger partial charge in [-0.2, -0.15) is 0 Å². The molecule has 2 aromatic rings. The van der Waals surface area contributed by atoms with Crippen molar-refractivity contribution in [2.24, 2.45) is 0 Å². The average Bonchev–Trinajstić information content (AvgIpc) is 2.29. The molecule has 0 radical (unpaired) electrons. The maximum absolute atomic E-state index is 11.9. The van der Waals surface area contributed by atoms with Crippen molar-refractivity contribution in [1.29, 1.82) is 0 Å². The van der Waals surface area contributed by atoms with Crippen molar-refractivity contribution in [2.45, 2.75) is 33.2 Å². The van der Waals surface area contributed by atoms with E-state index in [2.05, 4.69) is 4.98 Å². The zero-order chi connectivity index (χ0) is 14.2. The monoisotopic (exact) mass is 258 g/mol. The minimum Gasteiger partial charge on any atom is -0.623 e. The van der Waals surface area contributed by atoms with Crippen LogP contribution in [0.15, 0.2) is 29.1 Å². The maximum atomic E-state index is 11.9. The van der Waals surface area contributed by atoms with Gasteiger partial charge in [-0.1, -0.05) is 11.6 Å². The summed E-state index contributed by atoms with van der Waals surface area (Å²) in [6.45, 7) is 7.39. The topological polar surface area (TPSA) is 58.9 Å². The van der Waals surface area contributed by atoms with Gasteiger partial charge in [0.15, 0.2) is 11.8 Å². The smallest absolute Gasteiger partial charge is 0.261 e. The lowest BCUT2D eigenvalue weighted by Crippen LogP contribution is -2.30. The van der Waals surface area contributed by atoms with E-state index in [1.54, 1.807) is 26.8 Å². The SMILES string of the molecule is Cc1ccc2[nH]c(=O)c(/C=[N+](\[O-])C(C)(C)C)cc2c1. The Morgan fingerprint density at radius 2 is 1.95 bits per heavy atom. The van der Waals surface area contributed by atoms with Gasteiger partial charge in [0.1, 0.15) is 5.56 Å². The normalized spacial score (nSPS) is 12.9. The van der Waals surface area contributed by atoms with Gasteiger partial charge < -0.3 is 10.2 Å². The molecular weight excluding hydrogens is 240 g/mol. The van der Waals surface area contributed by atoms with Crippen LogP contribution in [-0.2, 0) is 0 Å².